The molecule has 6 heteroatoms. The molecule has 5 nitrogen and oxygen atoms in total. The zero-order chi connectivity index (χ0) is 18.4. The summed E-state index contributed by atoms with van der Waals surface area (Å²) in [5, 5.41) is 9.28. The van der Waals surface area contributed by atoms with E-state index in [0.29, 0.717) is 29.3 Å². The standard InChI is InChI=1S/C19H24N2O3S/c1-4-5-11-16(18(23)24)25-19-20-13(2)15(17(22)21(19)3)12-14-9-7-6-8-10-14/h6-10,16H,4-5,11-12H2,1-3H3,(H,23,24)/t16-/m0/s1. The Hall–Kier alpha value is -2.08. The number of aromatic nitrogens is 2. The van der Waals surface area contributed by atoms with Gasteiger partial charge in [-0.25, -0.2) is 4.98 Å². The Morgan fingerprint density at radius 3 is 2.60 bits per heavy atom. The molecule has 0 aliphatic heterocycles. The number of aryl methyl sites for hydroxylation is 1. The summed E-state index contributed by atoms with van der Waals surface area (Å²) >= 11 is 1.16. The molecule has 0 aliphatic rings. The van der Waals surface area contributed by atoms with Crippen LogP contribution >= 0.6 is 11.8 Å². The molecule has 25 heavy (non-hydrogen) atoms. The first-order chi connectivity index (χ1) is 11.9. The minimum atomic E-state index is -0.862. The number of benzene rings is 1. The van der Waals surface area contributed by atoms with Crippen molar-refractivity contribution in [2.24, 2.45) is 7.05 Å². The predicted octanol–water partition coefficient (Wildman–Crippen LogP) is 3.42. The quantitative estimate of drug-likeness (QED) is 0.577. The van der Waals surface area contributed by atoms with Crippen LogP contribution < -0.4 is 5.56 Å². The van der Waals surface area contributed by atoms with E-state index in [2.05, 4.69) is 4.98 Å². The Labute approximate surface area is 152 Å². The average molecular weight is 360 g/mol. The van der Waals surface area contributed by atoms with Crippen LogP contribution in [0, 0.1) is 6.92 Å². The van der Waals surface area contributed by atoms with Crippen LogP contribution in [0.4, 0.5) is 0 Å². The number of unbranched alkanes of at least 4 members (excludes halogenated alkanes) is 1. The van der Waals surface area contributed by atoms with Gasteiger partial charge >= 0.3 is 5.97 Å². The highest BCUT2D eigenvalue weighted by molar-refractivity contribution is 8.00. The summed E-state index contributed by atoms with van der Waals surface area (Å²) < 4.78 is 1.47. The Morgan fingerprint density at radius 2 is 2.00 bits per heavy atom. The highest BCUT2D eigenvalue weighted by atomic mass is 32.2. The summed E-state index contributed by atoms with van der Waals surface area (Å²) in [7, 11) is 1.66. The van der Waals surface area contributed by atoms with Gasteiger partial charge in [-0.1, -0.05) is 61.9 Å². The Kier molecular flexibility index (Phi) is 6.82. The molecule has 0 saturated heterocycles. The summed E-state index contributed by atoms with van der Waals surface area (Å²) in [6, 6.07) is 9.78. The number of hydrogen-bond acceptors (Lipinski definition) is 4. The van der Waals surface area contributed by atoms with E-state index < -0.39 is 11.2 Å². The van der Waals surface area contributed by atoms with Crippen molar-refractivity contribution in [3.05, 3.63) is 57.5 Å². The van der Waals surface area contributed by atoms with Gasteiger partial charge in [-0.3, -0.25) is 14.2 Å². The molecular formula is C19H24N2O3S. The van der Waals surface area contributed by atoms with E-state index >= 15 is 0 Å². The monoisotopic (exact) mass is 360 g/mol. The maximum absolute atomic E-state index is 12.7. The van der Waals surface area contributed by atoms with Crippen LogP contribution in [0.3, 0.4) is 0 Å². The molecule has 0 spiro atoms. The number of carboxylic acids is 1. The number of thioether (sulfide) groups is 1. The van der Waals surface area contributed by atoms with Crippen LogP contribution in [-0.4, -0.2) is 25.9 Å². The first kappa shape index (κ1) is 19.2. The van der Waals surface area contributed by atoms with Crippen LogP contribution in [0.25, 0.3) is 0 Å². The Morgan fingerprint density at radius 1 is 1.32 bits per heavy atom. The van der Waals surface area contributed by atoms with Crippen molar-refractivity contribution >= 4 is 17.7 Å². The summed E-state index contributed by atoms with van der Waals surface area (Å²) in [6.45, 7) is 3.84. The molecule has 0 bridgehead atoms. The van der Waals surface area contributed by atoms with E-state index in [9.17, 15) is 14.7 Å². The molecule has 1 N–H and O–H groups in total. The molecule has 0 radical (unpaired) electrons. The van der Waals surface area contributed by atoms with Crippen LogP contribution in [0.15, 0.2) is 40.3 Å². The molecule has 1 atom stereocenters. The lowest BCUT2D eigenvalue weighted by molar-refractivity contribution is -0.136. The number of nitrogens with zero attached hydrogens (tertiary/aromatic N) is 2. The number of carbonyl (C=O) groups is 1. The minimum absolute atomic E-state index is 0.113. The third kappa shape index (κ3) is 4.95. The lowest BCUT2D eigenvalue weighted by atomic mass is 10.1. The van der Waals surface area contributed by atoms with Crippen LogP contribution in [-0.2, 0) is 18.3 Å². The van der Waals surface area contributed by atoms with Crippen molar-refractivity contribution in [3.8, 4) is 0 Å². The van der Waals surface area contributed by atoms with E-state index in [0.717, 1.165) is 30.2 Å². The van der Waals surface area contributed by atoms with Crippen molar-refractivity contribution in [1.29, 1.82) is 0 Å². The molecular weight excluding hydrogens is 336 g/mol. The molecule has 1 heterocycles. The number of carboxylic acid groups (broad SMARTS) is 1. The zero-order valence-corrected chi connectivity index (χ0v) is 15.7. The third-order valence-electron chi connectivity index (χ3n) is 4.12. The highest BCUT2D eigenvalue weighted by Gasteiger charge is 2.22. The molecule has 0 fully saturated rings. The van der Waals surface area contributed by atoms with Gasteiger partial charge in [0, 0.05) is 24.7 Å². The summed E-state index contributed by atoms with van der Waals surface area (Å²) in [5.41, 5.74) is 2.25. The lowest BCUT2D eigenvalue weighted by Gasteiger charge is -2.15. The van der Waals surface area contributed by atoms with Gasteiger partial charge in [-0.15, -0.1) is 0 Å². The fraction of sp³-hybridized carbons (Fsp3) is 0.421. The van der Waals surface area contributed by atoms with E-state index in [1.807, 2.05) is 44.2 Å². The van der Waals surface area contributed by atoms with Crippen molar-refractivity contribution in [2.75, 3.05) is 0 Å². The van der Waals surface area contributed by atoms with Crippen LogP contribution in [0.2, 0.25) is 0 Å². The Bertz CT molecular complexity index is 787. The van der Waals surface area contributed by atoms with Crippen LogP contribution in [0.5, 0.6) is 0 Å². The molecule has 0 unspecified atom stereocenters. The molecule has 0 saturated carbocycles. The largest absolute Gasteiger partial charge is 0.480 e. The zero-order valence-electron chi connectivity index (χ0n) is 14.9. The normalized spacial score (nSPS) is 12.1. The fourth-order valence-electron chi connectivity index (χ4n) is 2.59. The summed E-state index contributed by atoms with van der Waals surface area (Å²) in [5.74, 6) is -0.862. The molecule has 0 amide bonds. The van der Waals surface area contributed by atoms with Gasteiger partial charge in [0.2, 0.25) is 0 Å². The fourth-order valence-corrected chi connectivity index (χ4v) is 3.66. The predicted molar refractivity (Wildman–Crippen MR) is 100 cm³/mol. The summed E-state index contributed by atoms with van der Waals surface area (Å²) in [4.78, 5) is 28.7. The molecule has 2 aromatic rings. The average Bonchev–Trinajstić information content (AvgIpc) is 2.60. The molecule has 134 valence electrons. The van der Waals surface area contributed by atoms with Gasteiger partial charge in [-0.05, 0) is 18.9 Å². The first-order valence-corrected chi connectivity index (χ1v) is 9.31. The summed E-state index contributed by atoms with van der Waals surface area (Å²) in [6.07, 6.45) is 2.86. The maximum Gasteiger partial charge on any atom is 0.317 e. The van der Waals surface area contributed by atoms with E-state index in [1.165, 1.54) is 4.57 Å². The molecule has 2 rings (SSSR count). The van der Waals surface area contributed by atoms with Gasteiger partial charge < -0.3 is 5.11 Å². The van der Waals surface area contributed by atoms with E-state index in [-0.39, 0.29) is 5.56 Å². The van der Waals surface area contributed by atoms with Crippen LogP contribution in [0.1, 0.15) is 43.0 Å². The van der Waals surface area contributed by atoms with E-state index in [4.69, 9.17) is 0 Å². The minimum Gasteiger partial charge on any atom is -0.480 e. The second-order valence-corrected chi connectivity index (χ2v) is 7.24. The highest BCUT2D eigenvalue weighted by Crippen LogP contribution is 2.25. The van der Waals surface area contributed by atoms with Crippen molar-refractivity contribution in [1.82, 2.24) is 9.55 Å². The second-order valence-electron chi connectivity index (χ2n) is 6.07. The third-order valence-corrected chi connectivity index (χ3v) is 5.41. The molecule has 1 aromatic heterocycles. The lowest BCUT2D eigenvalue weighted by Crippen LogP contribution is -2.27. The SMILES string of the molecule is CCCC[C@H](Sc1nc(C)c(Cc2ccccc2)c(=O)n1C)C(=O)O. The topological polar surface area (TPSA) is 72.2 Å². The number of aliphatic carboxylic acids is 1. The van der Waals surface area contributed by atoms with Crippen molar-refractivity contribution in [2.45, 2.75) is 49.9 Å². The number of hydrogen-bond donors (Lipinski definition) is 1. The molecule has 1 aromatic carbocycles. The Balaban J connectivity index is 2.30. The van der Waals surface area contributed by atoms with E-state index in [1.54, 1.807) is 7.05 Å². The van der Waals surface area contributed by atoms with Gasteiger partial charge in [0.05, 0.1) is 0 Å². The number of rotatable bonds is 8. The first-order valence-electron chi connectivity index (χ1n) is 8.44. The van der Waals surface area contributed by atoms with Gasteiger partial charge in [0.15, 0.2) is 5.16 Å². The van der Waals surface area contributed by atoms with Gasteiger partial charge in [0.1, 0.15) is 5.25 Å². The maximum atomic E-state index is 12.7. The molecule has 0 aliphatic carbocycles. The van der Waals surface area contributed by atoms with Gasteiger partial charge in [0.25, 0.3) is 5.56 Å². The van der Waals surface area contributed by atoms with Crippen molar-refractivity contribution in [3.63, 3.8) is 0 Å². The van der Waals surface area contributed by atoms with Gasteiger partial charge in [-0.2, -0.15) is 0 Å². The second kappa shape index (κ2) is 8.85. The van der Waals surface area contributed by atoms with Crippen molar-refractivity contribution < 1.29 is 9.90 Å². The smallest absolute Gasteiger partial charge is 0.317 e.